The number of carbonyl (C=O) groups excluding carboxylic acids is 1. The molecule has 0 aliphatic carbocycles. The standard InChI is InChI=1S/C16H21BrN6O2S/c1-16(2,3)20-13(24)9-26-15-19-14(22-23-15)21-18-8-10-7-11(17)5-6-12(10)25-4/h5-8H,9H2,1-4H3,(H,20,24)(H2,19,21,22,23)/b18-8-. The number of hydrogen-bond acceptors (Lipinski definition) is 7. The van der Waals surface area contributed by atoms with E-state index in [1.54, 1.807) is 13.3 Å². The van der Waals surface area contributed by atoms with E-state index in [0.29, 0.717) is 16.9 Å². The summed E-state index contributed by atoms with van der Waals surface area (Å²) in [6, 6.07) is 5.62. The van der Waals surface area contributed by atoms with E-state index in [1.165, 1.54) is 11.8 Å². The summed E-state index contributed by atoms with van der Waals surface area (Å²) in [7, 11) is 1.60. The monoisotopic (exact) mass is 440 g/mol. The normalized spacial score (nSPS) is 11.6. The van der Waals surface area contributed by atoms with Gasteiger partial charge in [0.05, 0.1) is 19.1 Å². The summed E-state index contributed by atoms with van der Waals surface area (Å²) in [6.07, 6.45) is 1.62. The molecule has 3 N–H and O–H groups in total. The maximum absolute atomic E-state index is 11.8. The van der Waals surface area contributed by atoms with E-state index in [0.717, 1.165) is 10.0 Å². The number of nitrogens with one attached hydrogen (secondary N) is 3. The fraction of sp³-hybridized carbons (Fsp3) is 0.375. The molecule has 0 bridgehead atoms. The van der Waals surface area contributed by atoms with Crippen LogP contribution in [0.4, 0.5) is 5.95 Å². The molecule has 26 heavy (non-hydrogen) atoms. The summed E-state index contributed by atoms with van der Waals surface area (Å²) in [6.45, 7) is 5.80. The minimum Gasteiger partial charge on any atom is -0.496 e. The number of nitrogens with zero attached hydrogens (tertiary/aromatic N) is 3. The summed E-state index contributed by atoms with van der Waals surface area (Å²) in [4.78, 5) is 16.0. The van der Waals surface area contributed by atoms with Gasteiger partial charge in [-0.1, -0.05) is 27.7 Å². The van der Waals surface area contributed by atoms with Gasteiger partial charge in [0, 0.05) is 15.6 Å². The lowest BCUT2D eigenvalue weighted by molar-refractivity contribution is -0.119. The van der Waals surface area contributed by atoms with Gasteiger partial charge in [-0.2, -0.15) is 10.1 Å². The van der Waals surface area contributed by atoms with Gasteiger partial charge in [0.2, 0.25) is 17.0 Å². The van der Waals surface area contributed by atoms with E-state index in [9.17, 15) is 4.79 Å². The molecule has 1 aromatic carbocycles. The quantitative estimate of drug-likeness (QED) is 0.347. The number of H-pyrrole nitrogens is 1. The van der Waals surface area contributed by atoms with Crippen molar-refractivity contribution in [3.05, 3.63) is 28.2 Å². The van der Waals surface area contributed by atoms with Gasteiger partial charge in [-0.3, -0.25) is 4.79 Å². The van der Waals surface area contributed by atoms with Crippen molar-refractivity contribution in [2.24, 2.45) is 5.10 Å². The van der Waals surface area contributed by atoms with Crippen LogP contribution in [-0.2, 0) is 4.79 Å². The number of amides is 1. The van der Waals surface area contributed by atoms with Crippen molar-refractivity contribution in [1.82, 2.24) is 20.5 Å². The van der Waals surface area contributed by atoms with Gasteiger partial charge in [-0.25, -0.2) is 10.5 Å². The van der Waals surface area contributed by atoms with Crippen LogP contribution in [0.1, 0.15) is 26.3 Å². The molecular formula is C16H21BrN6O2S. The number of carbonyl (C=O) groups is 1. The van der Waals surface area contributed by atoms with Gasteiger partial charge in [0.1, 0.15) is 5.75 Å². The van der Waals surface area contributed by atoms with Crippen LogP contribution in [0.25, 0.3) is 0 Å². The van der Waals surface area contributed by atoms with Gasteiger partial charge in [0.25, 0.3) is 0 Å². The highest BCUT2D eigenvalue weighted by Gasteiger charge is 2.14. The number of ether oxygens (including phenoxy) is 1. The molecule has 0 fully saturated rings. The number of thioether (sulfide) groups is 1. The Bertz CT molecular complexity index is 787. The van der Waals surface area contributed by atoms with Gasteiger partial charge in [-0.15, -0.1) is 5.10 Å². The van der Waals surface area contributed by atoms with Crippen molar-refractivity contribution in [2.45, 2.75) is 31.5 Å². The Kier molecular flexibility index (Phi) is 7.04. The molecule has 1 heterocycles. The fourth-order valence-electron chi connectivity index (χ4n) is 1.91. The maximum Gasteiger partial charge on any atom is 0.240 e. The van der Waals surface area contributed by atoms with Gasteiger partial charge in [-0.05, 0) is 39.0 Å². The van der Waals surface area contributed by atoms with Crippen LogP contribution in [0.15, 0.2) is 32.9 Å². The highest BCUT2D eigenvalue weighted by atomic mass is 79.9. The number of aromatic nitrogens is 3. The van der Waals surface area contributed by atoms with Crippen molar-refractivity contribution >= 4 is 45.8 Å². The summed E-state index contributed by atoms with van der Waals surface area (Å²) in [5.74, 6) is 1.26. The number of hydrogen-bond donors (Lipinski definition) is 3. The number of rotatable bonds is 7. The van der Waals surface area contributed by atoms with E-state index < -0.39 is 0 Å². The first-order chi connectivity index (χ1) is 12.3. The second kappa shape index (κ2) is 9.04. The van der Waals surface area contributed by atoms with Gasteiger partial charge < -0.3 is 10.1 Å². The predicted molar refractivity (Wildman–Crippen MR) is 107 cm³/mol. The number of benzene rings is 1. The Balaban J connectivity index is 1.89. The number of aromatic amines is 1. The topological polar surface area (TPSA) is 104 Å². The Hall–Kier alpha value is -2.07. The van der Waals surface area contributed by atoms with E-state index in [2.05, 4.69) is 47.0 Å². The first-order valence-corrected chi connectivity index (χ1v) is 9.53. The van der Waals surface area contributed by atoms with Crippen molar-refractivity contribution in [3.63, 3.8) is 0 Å². The van der Waals surface area contributed by atoms with Crippen molar-refractivity contribution in [1.29, 1.82) is 0 Å². The van der Waals surface area contributed by atoms with Crippen LogP contribution in [-0.4, -0.2) is 45.7 Å². The van der Waals surface area contributed by atoms with Crippen molar-refractivity contribution < 1.29 is 9.53 Å². The number of anilines is 1. The van der Waals surface area contributed by atoms with Crippen LogP contribution in [0.5, 0.6) is 5.75 Å². The van der Waals surface area contributed by atoms with Gasteiger partial charge >= 0.3 is 0 Å². The third-order valence-electron chi connectivity index (χ3n) is 2.88. The predicted octanol–water partition coefficient (Wildman–Crippen LogP) is 3.03. The summed E-state index contributed by atoms with van der Waals surface area (Å²) >= 11 is 4.66. The minimum absolute atomic E-state index is 0.0680. The Morgan fingerprint density at radius 3 is 2.92 bits per heavy atom. The van der Waals surface area contributed by atoms with Crippen LogP contribution < -0.4 is 15.5 Å². The zero-order valence-electron chi connectivity index (χ0n) is 15.0. The molecule has 0 aliphatic heterocycles. The van der Waals surface area contributed by atoms with Crippen LogP contribution in [0.3, 0.4) is 0 Å². The van der Waals surface area contributed by atoms with Crippen LogP contribution >= 0.6 is 27.7 Å². The molecule has 0 aliphatic rings. The van der Waals surface area contributed by atoms with Gasteiger partial charge in [0.15, 0.2) is 0 Å². The fourth-order valence-corrected chi connectivity index (χ4v) is 2.89. The van der Waals surface area contributed by atoms with E-state index in [-0.39, 0.29) is 17.2 Å². The lowest BCUT2D eigenvalue weighted by atomic mass is 10.1. The molecule has 0 atom stereocenters. The summed E-state index contributed by atoms with van der Waals surface area (Å²) < 4.78 is 6.20. The highest BCUT2D eigenvalue weighted by molar-refractivity contribution is 9.10. The maximum atomic E-state index is 11.8. The molecule has 0 saturated carbocycles. The van der Waals surface area contributed by atoms with Crippen molar-refractivity contribution in [3.8, 4) is 5.75 Å². The van der Waals surface area contributed by atoms with Crippen LogP contribution in [0.2, 0.25) is 0 Å². The second-order valence-electron chi connectivity index (χ2n) is 6.31. The Morgan fingerprint density at radius 2 is 2.23 bits per heavy atom. The zero-order valence-corrected chi connectivity index (χ0v) is 17.4. The molecule has 0 saturated heterocycles. The first kappa shape index (κ1) is 20.2. The zero-order chi connectivity index (χ0) is 19.2. The Morgan fingerprint density at radius 1 is 1.46 bits per heavy atom. The minimum atomic E-state index is -0.258. The van der Waals surface area contributed by atoms with Crippen LogP contribution in [0, 0.1) is 0 Å². The summed E-state index contributed by atoms with van der Waals surface area (Å²) in [5.41, 5.74) is 3.32. The molecule has 2 rings (SSSR count). The smallest absolute Gasteiger partial charge is 0.240 e. The van der Waals surface area contributed by atoms with Crippen molar-refractivity contribution in [2.75, 3.05) is 18.3 Å². The highest BCUT2D eigenvalue weighted by Crippen LogP contribution is 2.21. The molecule has 1 aromatic heterocycles. The third-order valence-corrected chi connectivity index (χ3v) is 4.22. The molecule has 0 spiro atoms. The van der Waals surface area contributed by atoms with E-state index >= 15 is 0 Å². The molecule has 1 amide bonds. The molecular weight excluding hydrogens is 420 g/mol. The lowest BCUT2D eigenvalue weighted by Crippen LogP contribution is -2.41. The molecule has 0 unspecified atom stereocenters. The van der Waals surface area contributed by atoms with E-state index in [4.69, 9.17) is 4.74 Å². The van der Waals surface area contributed by atoms with E-state index in [1.807, 2.05) is 39.0 Å². The molecule has 10 heteroatoms. The number of halogens is 1. The largest absolute Gasteiger partial charge is 0.496 e. The average molecular weight is 441 g/mol. The third kappa shape index (κ3) is 6.68. The molecule has 140 valence electrons. The Labute approximate surface area is 164 Å². The number of methoxy groups -OCH3 is 1. The molecule has 0 radical (unpaired) electrons. The average Bonchev–Trinajstić information content (AvgIpc) is 2.99. The second-order valence-corrected chi connectivity index (χ2v) is 8.17. The number of hydrazone groups is 1. The molecule has 8 nitrogen and oxygen atoms in total. The summed E-state index contributed by atoms with van der Waals surface area (Å²) in [5, 5.41) is 14.2. The SMILES string of the molecule is COc1ccc(Br)cc1/C=N\Nc1nc(SCC(=O)NC(C)(C)C)n[nH]1. The molecule has 2 aromatic rings. The lowest BCUT2D eigenvalue weighted by Gasteiger charge is -2.19. The first-order valence-electron chi connectivity index (χ1n) is 7.75.